The minimum Gasteiger partial charge on any atom is -0.494 e. The van der Waals surface area contributed by atoms with Crippen LogP contribution in [0.5, 0.6) is 5.75 Å². The van der Waals surface area contributed by atoms with E-state index in [1.807, 2.05) is 0 Å². The lowest BCUT2D eigenvalue weighted by molar-refractivity contribution is -0.139. The molecule has 0 spiro atoms. The number of carboxylic acids is 1. The van der Waals surface area contributed by atoms with Gasteiger partial charge < -0.3 is 14.9 Å². The van der Waals surface area contributed by atoms with Gasteiger partial charge in [0.1, 0.15) is 0 Å². The fourth-order valence-electron chi connectivity index (χ4n) is 1.81. The molecule has 6 heteroatoms. The Hall–Kier alpha value is -1.66. The van der Waals surface area contributed by atoms with Crippen LogP contribution in [0.25, 0.3) is 0 Å². The summed E-state index contributed by atoms with van der Waals surface area (Å²) < 4.78 is 18.3. The van der Waals surface area contributed by atoms with Gasteiger partial charge in [0.15, 0.2) is 11.6 Å². The first-order valence-electron chi connectivity index (χ1n) is 5.83. The van der Waals surface area contributed by atoms with Crippen LogP contribution in [-0.2, 0) is 11.3 Å². The Bertz CT molecular complexity index is 439. The Balaban J connectivity index is 2.54. The zero-order valence-electron chi connectivity index (χ0n) is 11.0. The molecule has 0 saturated carbocycles. The number of aliphatic hydroxyl groups excluding tert-OH is 1. The molecule has 0 saturated heterocycles. The number of carboxylic acid groups (broad SMARTS) is 1. The quantitative estimate of drug-likeness (QED) is 0.777. The predicted octanol–water partition coefficient (Wildman–Crippen LogP) is 1.10. The lowest BCUT2D eigenvalue weighted by Crippen LogP contribution is -2.30. The highest BCUT2D eigenvalue weighted by Crippen LogP contribution is 2.18. The maximum absolute atomic E-state index is 13.5. The van der Waals surface area contributed by atoms with E-state index in [0.717, 1.165) is 5.56 Å². The molecule has 0 aliphatic carbocycles. The molecular weight excluding hydrogens is 253 g/mol. The van der Waals surface area contributed by atoms with Crippen molar-refractivity contribution >= 4 is 5.97 Å². The number of carbonyl (C=O) groups is 1. The standard InChI is InChI=1S/C13H18FNO4/c1-15(8-10(16)6-13(17)18)7-9-3-4-12(19-2)11(14)5-9/h3-5,10,16H,6-8H2,1-2H3,(H,17,18). The van der Waals surface area contributed by atoms with Gasteiger partial charge in [0.25, 0.3) is 0 Å². The van der Waals surface area contributed by atoms with Gasteiger partial charge in [-0.25, -0.2) is 4.39 Å². The molecule has 1 unspecified atom stereocenters. The van der Waals surface area contributed by atoms with Crippen LogP contribution in [0, 0.1) is 5.82 Å². The number of ether oxygens (including phenoxy) is 1. The highest BCUT2D eigenvalue weighted by Gasteiger charge is 2.13. The Labute approximate surface area is 111 Å². The summed E-state index contributed by atoms with van der Waals surface area (Å²) in [5.41, 5.74) is 0.725. The van der Waals surface area contributed by atoms with Gasteiger partial charge in [-0.1, -0.05) is 6.07 Å². The van der Waals surface area contributed by atoms with Crippen molar-refractivity contribution in [3.63, 3.8) is 0 Å². The van der Waals surface area contributed by atoms with Gasteiger partial charge in [-0.2, -0.15) is 0 Å². The van der Waals surface area contributed by atoms with Crippen molar-refractivity contribution in [2.24, 2.45) is 0 Å². The number of halogens is 1. The van der Waals surface area contributed by atoms with Crippen molar-refractivity contribution in [1.82, 2.24) is 4.90 Å². The highest BCUT2D eigenvalue weighted by molar-refractivity contribution is 5.67. The average molecular weight is 271 g/mol. The molecule has 106 valence electrons. The minimum absolute atomic E-state index is 0.178. The Morgan fingerprint density at radius 3 is 2.74 bits per heavy atom. The van der Waals surface area contributed by atoms with E-state index in [0.29, 0.717) is 6.54 Å². The van der Waals surface area contributed by atoms with E-state index in [1.54, 1.807) is 18.0 Å². The van der Waals surface area contributed by atoms with Crippen LogP contribution in [0.3, 0.4) is 0 Å². The first-order chi connectivity index (χ1) is 8.92. The first kappa shape index (κ1) is 15.4. The Morgan fingerprint density at radius 2 is 2.21 bits per heavy atom. The van der Waals surface area contributed by atoms with E-state index in [1.165, 1.54) is 19.2 Å². The average Bonchev–Trinajstić information content (AvgIpc) is 2.27. The van der Waals surface area contributed by atoms with E-state index in [-0.39, 0.29) is 18.7 Å². The highest BCUT2D eigenvalue weighted by atomic mass is 19.1. The molecule has 2 N–H and O–H groups in total. The summed E-state index contributed by atoms with van der Waals surface area (Å²) in [5, 5.41) is 18.0. The number of hydrogen-bond donors (Lipinski definition) is 2. The minimum atomic E-state index is -1.05. The molecule has 0 fully saturated rings. The molecule has 0 aliphatic heterocycles. The maximum Gasteiger partial charge on any atom is 0.306 e. The molecule has 1 rings (SSSR count). The molecule has 0 aromatic heterocycles. The second-order valence-corrected chi connectivity index (χ2v) is 4.42. The third-order valence-corrected chi connectivity index (χ3v) is 2.60. The lowest BCUT2D eigenvalue weighted by atomic mass is 10.2. The Kier molecular flexibility index (Phi) is 5.72. The molecule has 1 aromatic carbocycles. The summed E-state index contributed by atoms with van der Waals surface area (Å²) in [6.45, 7) is 0.623. The SMILES string of the molecule is COc1ccc(CN(C)CC(O)CC(=O)O)cc1F. The fourth-order valence-corrected chi connectivity index (χ4v) is 1.81. The third-order valence-electron chi connectivity index (χ3n) is 2.60. The van der Waals surface area contributed by atoms with E-state index in [4.69, 9.17) is 9.84 Å². The molecular formula is C13H18FNO4. The summed E-state index contributed by atoms with van der Waals surface area (Å²) in [6.07, 6.45) is -1.24. The number of likely N-dealkylation sites (N-methyl/N-ethyl adjacent to an activating group) is 1. The maximum atomic E-state index is 13.5. The van der Waals surface area contributed by atoms with Crippen LogP contribution < -0.4 is 4.74 Å². The largest absolute Gasteiger partial charge is 0.494 e. The van der Waals surface area contributed by atoms with Gasteiger partial charge in [0.05, 0.1) is 19.6 Å². The van der Waals surface area contributed by atoms with Gasteiger partial charge in [-0.3, -0.25) is 9.69 Å². The van der Waals surface area contributed by atoms with Crippen molar-refractivity contribution in [3.8, 4) is 5.75 Å². The zero-order valence-corrected chi connectivity index (χ0v) is 11.0. The van der Waals surface area contributed by atoms with Crippen LogP contribution in [0.4, 0.5) is 4.39 Å². The molecule has 0 bridgehead atoms. The van der Waals surface area contributed by atoms with E-state index in [2.05, 4.69) is 0 Å². The van der Waals surface area contributed by atoms with Crippen molar-refractivity contribution < 1.29 is 24.1 Å². The number of rotatable bonds is 7. The summed E-state index contributed by atoms with van der Waals surface area (Å²) in [4.78, 5) is 12.2. The fraction of sp³-hybridized carbons (Fsp3) is 0.462. The molecule has 1 aromatic rings. The van der Waals surface area contributed by atoms with E-state index >= 15 is 0 Å². The molecule has 19 heavy (non-hydrogen) atoms. The second-order valence-electron chi connectivity index (χ2n) is 4.42. The monoisotopic (exact) mass is 271 g/mol. The lowest BCUT2D eigenvalue weighted by Gasteiger charge is -2.19. The van der Waals surface area contributed by atoms with E-state index < -0.39 is 17.9 Å². The zero-order chi connectivity index (χ0) is 14.4. The van der Waals surface area contributed by atoms with Crippen molar-refractivity contribution in [3.05, 3.63) is 29.6 Å². The van der Waals surface area contributed by atoms with Crippen molar-refractivity contribution in [2.45, 2.75) is 19.1 Å². The van der Waals surface area contributed by atoms with Crippen LogP contribution in [-0.4, -0.2) is 47.9 Å². The summed E-state index contributed by atoms with van der Waals surface area (Å²) in [7, 11) is 3.12. The third kappa shape index (κ3) is 5.23. The van der Waals surface area contributed by atoms with Crippen LogP contribution >= 0.6 is 0 Å². The van der Waals surface area contributed by atoms with Crippen molar-refractivity contribution in [1.29, 1.82) is 0 Å². The first-order valence-corrected chi connectivity index (χ1v) is 5.83. The molecule has 0 aliphatic rings. The predicted molar refractivity (Wildman–Crippen MR) is 67.5 cm³/mol. The molecule has 1 atom stereocenters. The van der Waals surface area contributed by atoms with Crippen LogP contribution in [0.2, 0.25) is 0 Å². The van der Waals surface area contributed by atoms with Gasteiger partial charge in [-0.05, 0) is 24.7 Å². The summed E-state index contributed by atoms with van der Waals surface area (Å²) >= 11 is 0. The molecule has 0 amide bonds. The summed E-state index contributed by atoms with van der Waals surface area (Å²) in [5.74, 6) is -1.31. The number of methoxy groups -OCH3 is 1. The number of hydrogen-bond acceptors (Lipinski definition) is 4. The summed E-state index contributed by atoms with van der Waals surface area (Å²) in [6, 6.07) is 4.62. The van der Waals surface area contributed by atoms with Gasteiger partial charge in [0, 0.05) is 13.1 Å². The van der Waals surface area contributed by atoms with Gasteiger partial charge >= 0.3 is 5.97 Å². The second kappa shape index (κ2) is 7.06. The van der Waals surface area contributed by atoms with E-state index in [9.17, 15) is 14.3 Å². The number of nitrogens with zero attached hydrogens (tertiary/aromatic N) is 1. The molecule has 0 radical (unpaired) electrons. The van der Waals surface area contributed by atoms with Gasteiger partial charge in [-0.15, -0.1) is 0 Å². The molecule has 0 heterocycles. The number of aliphatic carboxylic acids is 1. The van der Waals surface area contributed by atoms with Gasteiger partial charge in [0.2, 0.25) is 0 Å². The number of aliphatic hydroxyl groups is 1. The van der Waals surface area contributed by atoms with Crippen LogP contribution in [0.15, 0.2) is 18.2 Å². The Morgan fingerprint density at radius 1 is 1.53 bits per heavy atom. The number of benzene rings is 1. The topological polar surface area (TPSA) is 70.0 Å². The van der Waals surface area contributed by atoms with Crippen LogP contribution in [0.1, 0.15) is 12.0 Å². The molecule has 5 nitrogen and oxygen atoms in total. The smallest absolute Gasteiger partial charge is 0.306 e. The normalized spacial score (nSPS) is 12.5. The van der Waals surface area contributed by atoms with Crippen molar-refractivity contribution in [2.75, 3.05) is 20.7 Å².